The molecule has 0 aromatic heterocycles. The van der Waals surface area contributed by atoms with Crippen molar-refractivity contribution in [1.29, 1.82) is 0 Å². The first-order valence-electron chi connectivity index (χ1n) is 13.7. The lowest BCUT2D eigenvalue weighted by atomic mass is 9.48. The summed E-state index contributed by atoms with van der Waals surface area (Å²) in [5.41, 5.74) is 1.05. The zero-order chi connectivity index (χ0) is 21.1. The van der Waals surface area contributed by atoms with E-state index >= 15 is 0 Å². The summed E-state index contributed by atoms with van der Waals surface area (Å²) in [5.74, 6) is 5.25. The van der Waals surface area contributed by atoms with Crippen LogP contribution >= 0.6 is 0 Å². The highest BCUT2D eigenvalue weighted by Crippen LogP contribution is 2.62. The molecule has 172 valence electrons. The molecular weight excluding hydrogens is 384 g/mol. The third-order valence-electron chi connectivity index (χ3n) is 10.7. The number of rotatable bonds is 8. The van der Waals surface area contributed by atoms with E-state index in [2.05, 4.69) is 0 Å². The average molecular weight is 427 g/mol. The van der Waals surface area contributed by atoms with Crippen molar-refractivity contribution in [2.24, 2.45) is 46.3 Å². The van der Waals surface area contributed by atoms with Crippen LogP contribution in [-0.2, 0) is 14.3 Å². The van der Waals surface area contributed by atoms with Crippen molar-refractivity contribution in [3.05, 3.63) is 0 Å². The maximum atomic E-state index is 12.3. The molecule has 3 nitrogen and oxygen atoms in total. The Morgan fingerprint density at radius 1 is 0.548 bits per heavy atom. The van der Waals surface area contributed by atoms with Gasteiger partial charge in [0.05, 0.1) is 0 Å². The van der Waals surface area contributed by atoms with E-state index in [1.54, 1.807) is 0 Å². The number of ether oxygens (including phenoxy) is 1. The fourth-order valence-electron chi connectivity index (χ4n) is 10.6. The summed E-state index contributed by atoms with van der Waals surface area (Å²) in [7, 11) is 0. The van der Waals surface area contributed by atoms with Gasteiger partial charge in [-0.1, -0.05) is 0 Å². The monoisotopic (exact) mass is 426 g/mol. The molecule has 0 aliphatic heterocycles. The Hall–Kier alpha value is -0.860. The summed E-state index contributed by atoms with van der Waals surface area (Å²) < 4.78 is 5.21. The molecule has 8 rings (SSSR count). The molecule has 0 radical (unpaired) electrons. The van der Waals surface area contributed by atoms with Gasteiger partial charge in [-0.2, -0.15) is 0 Å². The molecule has 31 heavy (non-hydrogen) atoms. The van der Waals surface area contributed by atoms with Crippen molar-refractivity contribution in [1.82, 2.24) is 0 Å². The van der Waals surface area contributed by atoms with Crippen LogP contribution in [0.25, 0.3) is 0 Å². The van der Waals surface area contributed by atoms with Crippen LogP contribution in [0.5, 0.6) is 0 Å². The molecule has 3 heteroatoms. The lowest BCUT2D eigenvalue weighted by molar-refractivity contribution is -0.160. The Kier molecular flexibility index (Phi) is 5.26. The molecule has 8 fully saturated rings. The van der Waals surface area contributed by atoms with Crippen LogP contribution in [0.2, 0.25) is 0 Å². The third kappa shape index (κ3) is 4.24. The molecular formula is C28H42O3. The Balaban J connectivity index is 0.905. The van der Waals surface area contributed by atoms with Gasteiger partial charge in [0.25, 0.3) is 0 Å². The second-order valence-corrected chi connectivity index (χ2v) is 13.4. The zero-order valence-electron chi connectivity index (χ0n) is 19.4. The fourth-order valence-corrected chi connectivity index (χ4v) is 10.6. The van der Waals surface area contributed by atoms with E-state index in [1.807, 2.05) is 0 Å². The molecule has 0 aromatic rings. The molecule has 0 heterocycles. The predicted molar refractivity (Wildman–Crippen MR) is 120 cm³/mol. The molecule has 0 amide bonds. The van der Waals surface area contributed by atoms with Crippen LogP contribution < -0.4 is 0 Å². The Morgan fingerprint density at radius 2 is 0.839 bits per heavy atom. The van der Waals surface area contributed by atoms with Gasteiger partial charge in [0.15, 0.2) is 0 Å². The second-order valence-electron chi connectivity index (χ2n) is 13.4. The lowest BCUT2D eigenvalue weighted by Crippen LogP contribution is -2.46. The minimum absolute atomic E-state index is 0.274. The van der Waals surface area contributed by atoms with Crippen molar-refractivity contribution in [3.8, 4) is 0 Å². The Morgan fingerprint density at radius 3 is 1.13 bits per heavy atom. The molecule has 8 saturated carbocycles. The van der Waals surface area contributed by atoms with Crippen LogP contribution in [0.1, 0.15) is 116 Å². The van der Waals surface area contributed by atoms with Gasteiger partial charge in [0, 0.05) is 12.8 Å². The summed E-state index contributed by atoms with van der Waals surface area (Å²) in [5, 5.41) is 0. The fraction of sp³-hybridized carbons (Fsp3) is 0.929. The summed E-state index contributed by atoms with van der Waals surface area (Å²) in [6.45, 7) is 0. The van der Waals surface area contributed by atoms with E-state index in [9.17, 15) is 9.59 Å². The van der Waals surface area contributed by atoms with Crippen LogP contribution in [0, 0.1) is 46.3 Å². The highest BCUT2D eigenvalue weighted by atomic mass is 16.6. The topological polar surface area (TPSA) is 43.4 Å². The maximum absolute atomic E-state index is 12.3. The Bertz CT molecular complexity index is 591. The summed E-state index contributed by atoms with van der Waals surface area (Å²) in [6.07, 6.45) is 22.3. The van der Waals surface area contributed by atoms with Crippen LogP contribution in [0.3, 0.4) is 0 Å². The van der Waals surface area contributed by atoms with Gasteiger partial charge in [-0.25, -0.2) is 0 Å². The molecule has 8 aliphatic carbocycles. The van der Waals surface area contributed by atoms with E-state index in [4.69, 9.17) is 4.74 Å². The highest BCUT2D eigenvalue weighted by Gasteiger charge is 2.51. The van der Waals surface area contributed by atoms with Crippen molar-refractivity contribution >= 4 is 11.9 Å². The molecule has 0 N–H and O–H groups in total. The molecule has 0 spiro atoms. The number of carbonyl (C=O) groups is 2. The van der Waals surface area contributed by atoms with Crippen LogP contribution in [0.15, 0.2) is 0 Å². The van der Waals surface area contributed by atoms with Gasteiger partial charge in [0.2, 0.25) is 0 Å². The SMILES string of the molecule is O=C(CCCC12CC3CC(CC(C3)C1)C2)OC(=O)CCCC12CC3CC(CC(C3)C1)C2. The van der Waals surface area contributed by atoms with Crippen LogP contribution in [-0.4, -0.2) is 11.9 Å². The maximum Gasteiger partial charge on any atom is 0.313 e. The lowest BCUT2D eigenvalue weighted by Gasteiger charge is -2.57. The van der Waals surface area contributed by atoms with Gasteiger partial charge < -0.3 is 4.74 Å². The summed E-state index contributed by atoms with van der Waals surface area (Å²) in [4.78, 5) is 24.6. The third-order valence-corrected chi connectivity index (χ3v) is 10.7. The number of hydrogen-bond acceptors (Lipinski definition) is 3. The van der Waals surface area contributed by atoms with Crippen LogP contribution in [0.4, 0.5) is 0 Å². The first-order valence-corrected chi connectivity index (χ1v) is 13.7. The summed E-state index contributed by atoms with van der Waals surface area (Å²) in [6, 6.07) is 0. The van der Waals surface area contributed by atoms with Crippen molar-refractivity contribution in [3.63, 3.8) is 0 Å². The second kappa shape index (κ2) is 7.87. The molecule has 0 saturated heterocycles. The quantitative estimate of drug-likeness (QED) is 0.315. The van der Waals surface area contributed by atoms with Gasteiger partial charge in [-0.15, -0.1) is 0 Å². The number of esters is 2. The minimum Gasteiger partial charge on any atom is -0.393 e. The Labute approximate surface area is 188 Å². The average Bonchev–Trinajstić information content (AvgIpc) is 2.65. The normalized spacial score (nSPS) is 46.5. The van der Waals surface area contributed by atoms with E-state index in [-0.39, 0.29) is 11.9 Å². The van der Waals surface area contributed by atoms with E-state index < -0.39 is 0 Å². The standard InChI is InChI=1S/C28H42O3/c29-25(3-1-5-27-13-19-7-20(14-27)9-21(8-19)15-27)31-26(30)4-2-6-28-16-22-10-23(17-28)12-24(11-22)18-28/h19-24H,1-18H2. The molecule has 0 atom stereocenters. The number of carbonyl (C=O) groups excluding carboxylic acids is 2. The number of hydrogen-bond donors (Lipinski definition) is 0. The smallest absolute Gasteiger partial charge is 0.313 e. The molecule has 0 aromatic carbocycles. The molecule has 0 unspecified atom stereocenters. The highest BCUT2D eigenvalue weighted by molar-refractivity contribution is 5.85. The largest absolute Gasteiger partial charge is 0.393 e. The molecule has 8 bridgehead atoms. The van der Waals surface area contributed by atoms with Gasteiger partial charge in [-0.3, -0.25) is 9.59 Å². The first kappa shape index (κ1) is 20.7. The van der Waals surface area contributed by atoms with Crippen molar-refractivity contribution in [2.75, 3.05) is 0 Å². The predicted octanol–water partition coefficient (Wildman–Crippen LogP) is 6.83. The van der Waals surface area contributed by atoms with Crippen molar-refractivity contribution < 1.29 is 14.3 Å². The zero-order valence-corrected chi connectivity index (χ0v) is 19.4. The first-order chi connectivity index (χ1) is 15.0. The van der Waals surface area contributed by atoms with Gasteiger partial charge >= 0.3 is 11.9 Å². The van der Waals surface area contributed by atoms with Gasteiger partial charge in [0.1, 0.15) is 0 Å². The molecule has 8 aliphatic rings. The van der Waals surface area contributed by atoms with E-state index in [0.717, 1.165) is 48.3 Å². The van der Waals surface area contributed by atoms with Gasteiger partial charge in [-0.05, 0) is 149 Å². The summed E-state index contributed by atoms with van der Waals surface area (Å²) >= 11 is 0. The minimum atomic E-state index is -0.274. The van der Waals surface area contributed by atoms with E-state index in [0.29, 0.717) is 23.7 Å². The van der Waals surface area contributed by atoms with Crippen molar-refractivity contribution in [2.45, 2.75) is 116 Å². The van der Waals surface area contributed by atoms with E-state index in [1.165, 1.54) is 89.9 Å².